The van der Waals surface area contributed by atoms with Crippen LogP contribution in [0.5, 0.6) is 11.5 Å². The van der Waals surface area contributed by atoms with Crippen molar-refractivity contribution in [2.24, 2.45) is 0 Å². The molecule has 0 radical (unpaired) electrons. The van der Waals surface area contributed by atoms with Crippen LogP contribution in [0, 0.1) is 0 Å². The topological polar surface area (TPSA) is 162 Å². The Balaban J connectivity index is 1.59. The second-order valence-electron chi connectivity index (χ2n) is 10.8. The second-order valence-corrected chi connectivity index (χ2v) is 13.0. The number of rotatable bonds is 10. The third-order valence-electron chi connectivity index (χ3n) is 8.15. The molecule has 0 bridgehead atoms. The van der Waals surface area contributed by atoms with Crippen molar-refractivity contribution in [1.82, 2.24) is 9.88 Å². The van der Waals surface area contributed by atoms with Gasteiger partial charge in [0, 0.05) is 29.5 Å². The first-order valence-corrected chi connectivity index (χ1v) is 16.4. The molecule has 2 atom stereocenters. The van der Waals surface area contributed by atoms with Crippen LogP contribution in [-0.4, -0.2) is 63.9 Å². The summed E-state index contributed by atoms with van der Waals surface area (Å²) in [5.41, 5.74) is 8.14. The summed E-state index contributed by atoms with van der Waals surface area (Å²) >= 11 is 0. The highest BCUT2D eigenvalue weighted by Gasteiger charge is 2.37. The summed E-state index contributed by atoms with van der Waals surface area (Å²) in [6.07, 6.45) is 2.11. The van der Waals surface area contributed by atoms with Crippen molar-refractivity contribution in [3.05, 3.63) is 78.0 Å². The summed E-state index contributed by atoms with van der Waals surface area (Å²) in [5, 5.41) is 7.64. The number of amides is 2. The normalized spacial score (nSPS) is 15.3. The number of carbonyl (C=O) groups excluding carboxylic acids is 2. The smallest absolute Gasteiger partial charge is 0.411 e. The van der Waals surface area contributed by atoms with Crippen molar-refractivity contribution in [2.75, 3.05) is 50.0 Å². The minimum atomic E-state index is -3.67. The van der Waals surface area contributed by atoms with Crippen LogP contribution in [0.3, 0.4) is 0 Å². The lowest BCUT2D eigenvalue weighted by Gasteiger charge is -2.31. The van der Waals surface area contributed by atoms with E-state index in [0.29, 0.717) is 59.2 Å². The number of nitrogen functional groups attached to an aromatic ring is 1. The van der Waals surface area contributed by atoms with E-state index in [1.54, 1.807) is 42.3 Å². The first-order valence-electron chi connectivity index (χ1n) is 14.7. The van der Waals surface area contributed by atoms with Crippen LogP contribution in [0.25, 0.3) is 10.8 Å². The molecule has 0 aliphatic carbocycles. The van der Waals surface area contributed by atoms with Crippen molar-refractivity contribution < 1.29 is 32.2 Å². The summed E-state index contributed by atoms with van der Waals surface area (Å²) in [6.45, 7) is 1.97. The van der Waals surface area contributed by atoms with Gasteiger partial charge in [0.05, 0.1) is 38.0 Å². The summed E-state index contributed by atoms with van der Waals surface area (Å²) in [5.74, 6) is 0.971. The van der Waals surface area contributed by atoms with Crippen molar-refractivity contribution >= 4 is 49.8 Å². The molecule has 12 nitrogen and oxygen atoms in total. The molecule has 1 saturated heterocycles. The molecule has 242 valence electrons. The quantitative estimate of drug-likeness (QED) is 0.205. The third kappa shape index (κ3) is 6.50. The Hall–Kier alpha value is -5.04. The number of carbonyl (C=O) groups is 2. The van der Waals surface area contributed by atoms with Crippen molar-refractivity contribution in [3.63, 3.8) is 0 Å². The molecule has 1 aromatic heterocycles. The van der Waals surface area contributed by atoms with E-state index in [9.17, 15) is 18.0 Å². The predicted octanol–water partition coefficient (Wildman–Crippen LogP) is 5.32. The fourth-order valence-electron chi connectivity index (χ4n) is 5.79. The van der Waals surface area contributed by atoms with Crippen molar-refractivity contribution in [1.29, 1.82) is 0 Å². The van der Waals surface area contributed by atoms with Gasteiger partial charge in [-0.2, -0.15) is 0 Å². The molecule has 1 aliphatic rings. The molecule has 0 saturated carbocycles. The molecular weight excluding hydrogens is 610 g/mol. The van der Waals surface area contributed by atoms with Gasteiger partial charge in [0.25, 0.3) is 0 Å². The maximum Gasteiger partial charge on any atom is 0.411 e. The fourth-order valence-corrected chi connectivity index (χ4v) is 6.93. The second kappa shape index (κ2) is 13.5. The lowest BCUT2D eigenvalue weighted by molar-refractivity contribution is -0.133. The first kappa shape index (κ1) is 32.4. The molecule has 5 rings (SSSR count). The lowest BCUT2D eigenvalue weighted by atomic mass is 10.00. The first-order chi connectivity index (χ1) is 22.1. The van der Waals surface area contributed by atoms with Crippen LogP contribution in [0.1, 0.15) is 43.0 Å². The molecule has 1 aliphatic heterocycles. The molecule has 4 aromatic rings. The van der Waals surface area contributed by atoms with Gasteiger partial charge >= 0.3 is 6.09 Å². The Morgan fingerprint density at radius 2 is 1.76 bits per heavy atom. The number of ether oxygens (including phenoxy) is 3. The van der Waals surface area contributed by atoms with E-state index in [2.05, 4.69) is 15.6 Å². The third-order valence-corrected chi connectivity index (χ3v) is 9.95. The van der Waals surface area contributed by atoms with E-state index in [0.717, 1.165) is 10.8 Å². The van der Waals surface area contributed by atoms with Gasteiger partial charge in [-0.3, -0.25) is 10.1 Å². The highest BCUT2D eigenvalue weighted by molar-refractivity contribution is 7.91. The monoisotopic (exact) mass is 647 g/mol. The Labute approximate surface area is 267 Å². The largest absolute Gasteiger partial charge is 0.493 e. The molecule has 13 heteroatoms. The number of nitrogens with one attached hydrogen (secondary N) is 2. The number of nitrogens with two attached hydrogens (primary N) is 1. The number of likely N-dealkylation sites (tertiary alicyclic amines) is 1. The van der Waals surface area contributed by atoms with Crippen LogP contribution in [0.4, 0.5) is 22.0 Å². The van der Waals surface area contributed by atoms with E-state index in [4.69, 9.17) is 19.9 Å². The number of benzene rings is 3. The SMILES string of the molecule is CCS(=O)(=O)c1ccc(NC(=O)OC)cc1C1CCCN1C(=O)C(Nc1ccc2c(N)nccc2c1)c1ccc(OC)c(OC)c1. The summed E-state index contributed by atoms with van der Waals surface area (Å²) in [7, 11) is 0.630. The molecule has 2 heterocycles. The number of anilines is 3. The Kier molecular flexibility index (Phi) is 9.52. The van der Waals surface area contributed by atoms with Gasteiger partial charge in [-0.25, -0.2) is 18.2 Å². The zero-order valence-corrected chi connectivity index (χ0v) is 26.9. The highest BCUT2D eigenvalue weighted by Crippen LogP contribution is 2.40. The van der Waals surface area contributed by atoms with Gasteiger partial charge in [0.15, 0.2) is 21.3 Å². The molecule has 0 spiro atoms. The van der Waals surface area contributed by atoms with Crippen molar-refractivity contribution in [3.8, 4) is 11.5 Å². The predicted molar refractivity (Wildman–Crippen MR) is 176 cm³/mol. The molecule has 2 unspecified atom stereocenters. The Morgan fingerprint density at radius 3 is 2.48 bits per heavy atom. The minimum Gasteiger partial charge on any atom is -0.493 e. The van der Waals surface area contributed by atoms with Gasteiger partial charge < -0.3 is 30.2 Å². The number of nitrogens with zero attached hydrogens (tertiary/aromatic N) is 2. The van der Waals surface area contributed by atoms with Gasteiger partial charge in [0.1, 0.15) is 11.9 Å². The fraction of sp³-hybridized carbons (Fsp3) is 0.303. The van der Waals surface area contributed by atoms with E-state index >= 15 is 0 Å². The number of aromatic nitrogens is 1. The van der Waals surface area contributed by atoms with Gasteiger partial charge in [-0.15, -0.1) is 0 Å². The number of sulfone groups is 1. The number of hydrogen-bond acceptors (Lipinski definition) is 10. The molecule has 1 fully saturated rings. The number of methoxy groups -OCH3 is 3. The van der Waals surface area contributed by atoms with Crippen LogP contribution in [0.15, 0.2) is 71.8 Å². The molecule has 3 aromatic carbocycles. The zero-order chi connectivity index (χ0) is 33.0. The molecule has 46 heavy (non-hydrogen) atoms. The lowest BCUT2D eigenvalue weighted by Crippen LogP contribution is -2.38. The van der Waals surface area contributed by atoms with E-state index < -0.39 is 28.0 Å². The van der Waals surface area contributed by atoms with Gasteiger partial charge in [-0.05, 0) is 84.0 Å². The Bertz CT molecular complexity index is 1880. The van der Waals surface area contributed by atoms with E-state index in [1.807, 2.05) is 24.3 Å². The zero-order valence-electron chi connectivity index (χ0n) is 26.1. The van der Waals surface area contributed by atoms with E-state index in [1.165, 1.54) is 33.5 Å². The van der Waals surface area contributed by atoms with Crippen molar-refractivity contribution in [2.45, 2.75) is 36.7 Å². The number of fused-ring (bicyclic) bond motifs is 1. The highest BCUT2D eigenvalue weighted by atomic mass is 32.2. The van der Waals surface area contributed by atoms with Crippen LogP contribution < -0.4 is 25.8 Å². The summed E-state index contributed by atoms with van der Waals surface area (Å²) in [6, 6.07) is 15.8. The van der Waals surface area contributed by atoms with Gasteiger partial charge in [-0.1, -0.05) is 13.0 Å². The standard InChI is InChI=1S/C33H37N5O7S/c1-5-46(41,42)29-13-10-23(37-33(40)45-4)19-25(29)26-7-6-16-38(26)32(39)30(21-8-12-27(43-2)28(18-21)44-3)36-22-9-11-24-20(17-22)14-15-35-31(24)34/h8-15,17-19,26,30,36H,5-7,16H2,1-4H3,(H2,34,35)(H,37,40). The number of hydrogen-bond donors (Lipinski definition) is 3. The Morgan fingerprint density at radius 1 is 1.00 bits per heavy atom. The van der Waals surface area contributed by atoms with Crippen LogP contribution in [-0.2, 0) is 19.4 Å². The average molecular weight is 648 g/mol. The summed E-state index contributed by atoms with van der Waals surface area (Å²) in [4.78, 5) is 32.6. The number of pyridine rings is 1. The maximum absolute atomic E-state index is 14.7. The van der Waals surface area contributed by atoms with E-state index in [-0.39, 0.29) is 16.6 Å². The summed E-state index contributed by atoms with van der Waals surface area (Å²) < 4.78 is 42.2. The molecule has 2 amide bonds. The van der Waals surface area contributed by atoms with Gasteiger partial charge in [0.2, 0.25) is 5.91 Å². The maximum atomic E-state index is 14.7. The minimum absolute atomic E-state index is 0.117. The average Bonchev–Trinajstić information content (AvgIpc) is 3.56. The van der Waals surface area contributed by atoms with Crippen LogP contribution >= 0.6 is 0 Å². The van der Waals surface area contributed by atoms with Crippen LogP contribution in [0.2, 0.25) is 0 Å². The molecular formula is C33H37N5O7S. The molecule has 4 N–H and O–H groups in total.